The van der Waals surface area contributed by atoms with Crippen molar-refractivity contribution in [2.75, 3.05) is 45.8 Å². The summed E-state index contributed by atoms with van der Waals surface area (Å²) in [4.78, 5) is 2.66. The second-order valence-corrected chi connectivity index (χ2v) is 6.58. The second-order valence-electron chi connectivity index (χ2n) is 6.58. The van der Waals surface area contributed by atoms with E-state index in [1.165, 1.54) is 90.8 Å². The molecule has 1 aliphatic heterocycles. The first-order valence-electron chi connectivity index (χ1n) is 8.48. The highest BCUT2D eigenvalue weighted by molar-refractivity contribution is 4.88. The molecule has 112 valence electrons. The Morgan fingerprint density at radius 2 is 1.89 bits per heavy atom. The van der Waals surface area contributed by atoms with Gasteiger partial charge in [-0.3, -0.25) is 0 Å². The van der Waals surface area contributed by atoms with E-state index in [2.05, 4.69) is 22.5 Å². The van der Waals surface area contributed by atoms with E-state index < -0.39 is 0 Å². The highest BCUT2D eigenvalue weighted by Gasteiger charge is 2.33. The van der Waals surface area contributed by atoms with Crippen LogP contribution in [0.3, 0.4) is 0 Å². The van der Waals surface area contributed by atoms with E-state index in [1.54, 1.807) is 0 Å². The van der Waals surface area contributed by atoms with Crippen LogP contribution in [0.25, 0.3) is 0 Å². The fourth-order valence-electron chi connectivity index (χ4n) is 3.63. The normalized spacial score (nSPS) is 23.8. The lowest BCUT2D eigenvalue weighted by molar-refractivity contribution is 0.176. The average Bonchev–Trinajstić information content (AvgIpc) is 2.92. The van der Waals surface area contributed by atoms with Gasteiger partial charge in [-0.25, -0.2) is 0 Å². The highest BCUT2D eigenvalue weighted by Crippen LogP contribution is 2.40. The summed E-state index contributed by atoms with van der Waals surface area (Å²) < 4.78 is 0. The molecule has 0 spiro atoms. The van der Waals surface area contributed by atoms with E-state index in [-0.39, 0.29) is 0 Å². The first-order valence-corrected chi connectivity index (χ1v) is 8.48. The van der Waals surface area contributed by atoms with Gasteiger partial charge in [0.05, 0.1) is 0 Å². The van der Waals surface area contributed by atoms with Crippen LogP contribution in [-0.4, -0.2) is 50.7 Å². The van der Waals surface area contributed by atoms with Crippen molar-refractivity contribution in [2.45, 2.75) is 51.9 Å². The molecule has 19 heavy (non-hydrogen) atoms. The molecule has 1 aliphatic carbocycles. The van der Waals surface area contributed by atoms with Gasteiger partial charge in [0.15, 0.2) is 0 Å². The van der Waals surface area contributed by atoms with Crippen LogP contribution >= 0.6 is 0 Å². The maximum atomic E-state index is 3.73. The minimum Gasteiger partial charge on any atom is -0.316 e. The van der Waals surface area contributed by atoms with Gasteiger partial charge < -0.3 is 15.5 Å². The van der Waals surface area contributed by atoms with Crippen LogP contribution in [0.5, 0.6) is 0 Å². The first kappa shape index (κ1) is 15.3. The molecule has 1 saturated heterocycles. The van der Waals surface area contributed by atoms with Gasteiger partial charge in [0.2, 0.25) is 0 Å². The summed E-state index contributed by atoms with van der Waals surface area (Å²) in [6, 6.07) is 0. The number of hydrogen-bond donors (Lipinski definition) is 2. The van der Waals surface area contributed by atoms with E-state index in [0.717, 1.165) is 0 Å². The van der Waals surface area contributed by atoms with Gasteiger partial charge in [0.25, 0.3) is 0 Å². The van der Waals surface area contributed by atoms with Gasteiger partial charge in [-0.15, -0.1) is 0 Å². The molecule has 2 N–H and O–H groups in total. The number of hydrogen-bond acceptors (Lipinski definition) is 3. The van der Waals surface area contributed by atoms with Crippen molar-refractivity contribution in [3.8, 4) is 0 Å². The van der Waals surface area contributed by atoms with Crippen molar-refractivity contribution in [1.29, 1.82) is 0 Å². The van der Waals surface area contributed by atoms with Crippen LogP contribution in [0.1, 0.15) is 51.9 Å². The van der Waals surface area contributed by atoms with Gasteiger partial charge in [0.1, 0.15) is 0 Å². The van der Waals surface area contributed by atoms with Gasteiger partial charge in [0, 0.05) is 32.7 Å². The Balaban J connectivity index is 1.71. The average molecular weight is 267 g/mol. The fourth-order valence-corrected chi connectivity index (χ4v) is 3.63. The summed E-state index contributed by atoms with van der Waals surface area (Å²) >= 11 is 0. The first-order chi connectivity index (χ1) is 9.35. The molecule has 2 fully saturated rings. The Bertz CT molecular complexity index is 230. The molecule has 0 atom stereocenters. The molecule has 0 bridgehead atoms. The quantitative estimate of drug-likeness (QED) is 0.661. The zero-order chi connectivity index (χ0) is 13.4. The second kappa shape index (κ2) is 8.23. The van der Waals surface area contributed by atoms with E-state index in [1.807, 2.05) is 0 Å². The smallest absolute Gasteiger partial charge is 0.0107 e. The molecule has 3 heteroatoms. The number of nitrogens with one attached hydrogen (secondary N) is 2. The molecule has 1 saturated carbocycles. The molecule has 1 heterocycles. The molecule has 0 aromatic rings. The third kappa shape index (κ3) is 5.05. The Kier molecular flexibility index (Phi) is 6.62. The van der Waals surface area contributed by atoms with Crippen LogP contribution < -0.4 is 10.6 Å². The molecule has 0 unspecified atom stereocenters. The van der Waals surface area contributed by atoms with Crippen molar-refractivity contribution in [3.05, 3.63) is 0 Å². The molecule has 2 aliphatic rings. The van der Waals surface area contributed by atoms with Crippen LogP contribution in [0.15, 0.2) is 0 Å². The number of rotatable bonds is 8. The molecule has 0 amide bonds. The molecule has 0 aromatic carbocycles. The SMILES string of the molecule is CCCCNCC1(CCN2CCNCC2)CCCC1. The minimum absolute atomic E-state index is 0.624. The summed E-state index contributed by atoms with van der Waals surface area (Å²) in [5.74, 6) is 0. The lowest BCUT2D eigenvalue weighted by Gasteiger charge is -2.34. The van der Waals surface area contributed by atoms with Crippen LogP contribution in [-0.2, 0) is 0 Å². The van der Waals surface area contributed by atoms with E-state index >= 15 is 0 Å². The molecule has 0 radical (unpaired) electrons. The van der Waals surface area contributed by atoms with Crippen LogP contribution in [0, 0.1) is 5.41 Å². The minimum atomic E-state index is 0.624. The van der Waals surface area contributed by atoms with Gasteiger partial charge in [-0.05, 0) is 44.2 Å². The molecule has 3 nitrogen and oxygen atoms in total. The Morgan fingerprint density at radius 1 is 1.16 bits per heavy atom. The molecular weight excluding hydrogens is 234 g/mol. The summed E-state index contributed by atoms with van der Waals surface area (Å²) in [6.45, 7) is 10.9. The third-order valence-electron chi connectivity index (χ3n) is 5.04. The summed E-state index contributed by atoms with van der Waals surface area (Å²) in [5, 5.41) is 7.17. The van der Waals surface area contributed by atoms with Crippen molar-refractivity contribution in [2.24, 2.45) is 5.41 Å². The zero-order valence-corrected chi connectivity index (χ0v) is 12.8. The monoisotopic (exact) mass is 267 g/mol. The number of piperazine rings is 1. The summed E-state index contributed by atoms with van der Waals surface area (Å²) in [5.41, 5.74) is 0.624. The van der Waals surface area contributed by atoms with Crippen molar-refractivity contribution in [3.63, 3.8) is 0 Å². The maximum Gasteiger partial charge on any atom is 0.0107 e. The fraction of sp³-hybridized carbons (Fsp3) is 1.00. The van der Waals surface area contributed by atoms with Crippen LogP contribution in [0.4, 0.5) is 0 Å². The third-order valence-corrected chi connectivity index (χ3v) is 5.04. The van der Waals surface area contributed by atoms with Crippen molar-refractivity contribution < 1.29 is 0 Å². The van der Waals surface area contributed by atoms with Gasteiger partial charge in [-0.1, -0.05) is 26.2 Å². The lowest BCUT2D eigenvalue weighted by atomic mass is 9.82. The zero-order valence-electron chi connectivity index (χ0n) is 12.8. The predicted octanol–water partition coefficient (Wildman–Crippen LogP) is 2.23. The largest absolute Gasteiger partial charge is 0.316 e. The topological polar surface area (TPSA) is 27.3 Å². The number of nitrogens with zero attached hydrogens (tertiary/aromatic N) is 1. The van der Waals surface area contributed by atoms with Gasteiger partial charge >= 0.3 is 0 Å². The number of unbranched alkanes of at least 4 members (excludes halogenated alkanes) is 1. The van der Waals surface area contributed by atoms with E-state index in [9.17, 15) is 0 Å². The maximum absolute atomic E-state index is 3.73. The summed E-state index contributed by atoms with van der Waals surface area (Å²) in [6.07, 6.45) is 9.87. The Morgan fingerprint density at radius 3 is 2.58 bits per heavy atom. The highest BCUT2D eigenvalue weighted by atomic mass is 15.2. The summed E-state index contributed by atoms with van der Waals surface area (Å²) in [7, 11) is 0. The van der Waals surface area contributed by atoms with Crippen molar-refractivity contribution >= 4 is 0 Å². The Hall–Kier alpha value is -0.120. The Labute approximate surface area is 119 Å². The lowest BCUT2D eigenvalue weighted by Crippen LogP contribution is -2.45. The molecule has 0 aromatic heterocycles. The van der Waals surface area contributed by atoms with Gasteiger partial charge in [-0.2, -0.15) is 0 Å². The van der Waals surface area contributed by atoms with E-state index in [0.29, 0.717) is 5.41 Å². The molecular formula is C16H33N3. The molecule has 2 rings (SSSR count). The van der Waals surface area contributed by atoms with Crippen LogP contribution in [0.2, 0.25) is 0 Å². The van der Waals surface area contributed by atoms with E-state index in [4.69, 9.17) is 0 Å². The predicted molar refractivity (Wildman–Crippen MR) is 82.6 cm³/mol. The van der Waals surface area contributed by atoms with Crippen molar-refractivity contribution in [1.82, 2.24) is 15.5 Å². The standard InChI is InChI=1S/C16H33N3/c1-2-3-9-18-15-16(6-4-5-7-16)8-12-19-13-10-17-11-14-19/h17-18H,2-15H2,1H3.